The van der Waals surface area contributed by atoms with Crippen molar-refractivity contribution in [2.75, 3.05) is 37.6 Å². The molecule has 3 aliphatic rings. The van der Waals surface area contributed by atoms with Crippen molar-refractivity contribution in [1.82, 2.24) is 15.1 Å². The van der Waals surface area contributed by atoms with Crippen LogP contribution in [0.2, 0.25) is 0 Å². The smallest absolute Gasteiger partial charge is 0.303 e. The number of carbonyl (C=O) groups is 5. The van der Waals surface area contributed by atoms with E-state index in [1.54, 1.807) is 12.1 Å². The van der Waals surface area contributed by atoms with Gasteiger partial charge >= 0.3 is 5.97 Å². The van der Waals surface area contributed by atoms with Crippen LogP contribution in [-0.2, 0) is 14.4 Å². The maximum atomic E-state index is 13.1. The number of aliphatic carboxylic acids is 1. The molecule has 0 radical (unpaired) electrons. The van der Waals surface area contributed by atoms with Gasteiger partial charge in [-0.05, 0) is 44.0 Å². The molecule has 0 saturated carbocycles. The monoisotopic (exact) mass is 484 g/mol. The molecular formula is C25H32N4O6. The van der Waals surface area contributed by atoms with Crippen molar-refractivity contribution in [2.45, 2.75) is 57.4 Å². The molecule has 0 bridgehead atoms. The van der Waals surface area contributed by atoms with Crippen molar-refractivity contribution in [3.05, 3.63) is 29.3 Å². The first-order chi connectivity index (χ1) is 16.8. The summed E-state index contributed by atoms with van der Waals surface area (Å²) in [5, 5.41) is 10.9. The lowest BCUT2D eigenvalue weighted by Gasteiger charge is -2.36. The number of carboxylic acid groups (broad SMARTS) is 1. The molecule has 188 valence electrons. The van der Waals surface area contributed by atoms with E-state index in [2.05, 4.69) is 15.1 Å². The van der Waals surface area contributed by atoms with Crippen LogP contribution in [0.3, 0.4) is 0 Å². The zero-order valence-electron chi connectivity index (χ0n) is 19.8. The molecule has 2 saturated heterocycles. The Morgan fingerprint density at radius 2 is 1.60 bits per heavy atom. The summed E-state index contributed by atoms with van der Waals surface area (Å²) < 4.78 is 0. The third-order valence-electron chi connectivity index (χ3n) is 7.03. The summed E-state index contributed by atoms with van der Waals surface area (Å²) in [6.45, 7) is 4.47. The van der Waals surface area contributed by atoms with Gasteiger partial charge < -0.3 is 10.0 Å². The Labute approximate surface area is 204 Å². The molecule has 2 N–H and O–H groups in total. The van der Waals surface area contributed by atoms with Crippen LogP contribution in [0.4, 0.5) is 5.69 Å². The fourth-order valence-electron chi connectivity index (χ4n) is 5.03. The summed E-state index contributed by atoms with van der Waals surface area (Å²) in [7, 11) is 0. The first-order valence-corrected chi connectivity index (χ1v) is 12.4. The molecule has 1 aromatic rings. The number of fused-ring (bicyclic) bond motifs is 1. The summed E-state index contributed by atoms with van der Waals surface area (Å²) in [4.78, 5) is 65.8. The van der Waals surface area contributed by atoms with Gasteiger partial charge in [0.15, 0.2) is 0 Å². The number of piperazine rings is 1. The van der Waals surface area contributed by atoms with Crippen molar-refractivity contribution in [2.24, 2.45) is 0 Å². The fourth-order valence-corrected chi connectivity index (χ4v) is 5.03. The van der Waals surface area contributed by atoms with Crippen LogP contribution in [0.15, 0.2) is 18.2 Å². The number of hydrogen-bond donors (Lipinski definition) is 2. The Morgan fingerprint density at radius 1 is 0.914 bits per heavy atom. The normalized spacial score (nSPS) is 20.9. The number of anilines is 1. The highest BCUT2D eigenvalue weighted by atomic mass is 16.4. The van der Waals surface area contributed by atoms with Gasteiger partial charge in [-0.1, -0.05) is 19.3 Å². The average molecular weight is 485 g/mol. The number of imide groups is 2. The molecule has 3 aliphatic heterocycles. The van der Waals surface area contributed by atoms with Gasteiger partial charge in [-0.2, -0.15) is 0 Å². The van der Waals surface area contributed by atoms with Gasteiger partial charge in [0.1, 0.15) is 6.04 Å². The molecule has 35 heavy (non-hydrogen) atoms. The lowest BCUT2D eigenvalue weighted by atomic mass is 10.0. The van der Waals surface area contributed by atoms with Crippen LogP contribution < -0.4 is 10.2 Å². The maximum Gasteiger partial charge on any atom is 0.303 e. The highest BCUT2D eigenvalue weighted by molar-refractivity contribution is 6.23. The number of nitrogens with zero attached hydrogens (tertiary/aromatic N) is 3. The number of carboxylic acids is 1. The molecular weight excluding hydrogens is 452 g/mol. The zero-order valence-corrected chi connectivity index (χ0v) is 19.8. The van der Waals surface area contributed by atoms with Crippen molar-refractivity contribution < 1.29 is 29.1 Å². The standard InChI is InChI=1S/C25H32N4O6/c30-21-10-9-20(23(33)26-21)29-24(34)18-8-7-17(16-19(18)25(29)35)28-14-12-27(13-15-28)11-5-3-1-2-4-6-22(31)32/h7-8,16,20H,1-6,9-15H2,(H,31,32)(H,26,30,33). The van der Waals surface area contributed by atoms with Crippen LogP contribution in [0.25, 0.3) is 0 Å². The lowest BCUT2D eigenvalue weighted by molar-refractivity contribution is -0.138. The predicted octanol–water partition coefficient (Wildman–Crippen LogP) is 1.64. The van der Waals surface area contributed by atoms with Crippen LogP contribution in [0.5, 0.6) is 0 Å². The molecule has 1 aromatic carbocycles. The molecule has 1 atom stereocenters. The van der Waals surface area contributed by atoms with E-state index < -0.39 is 29.7 Å². The summed E-state index contributed by atoms with van der Waals surface area (Å²) in [6.07, 6.45) is 5.46. The van der Waals surface area contributed by atoms with Crippen molar-refractivity contribution in [3.8, 4) is 0 Å². The van der Waals surface area contributed by atoms with Gasteiger partial charge in [0.2, 0.25) is 11.8 Å². The topological polar surface area (TPSA) is 127 Å². The Bertz CT molecular complexity index is 1020. The largest absolute Gasteiger partial charge is 0.481 e. The van der Waals surface area contributed by atoms with Crippen molar-refractivity contribution in [3.63, 3.8) is 0 Å². The van der Waals surface area contributed by atoms with Gasteiger partial charge in [0, 0.05) is 44.7 Å². The Kier molecular flexibility index (Phi) is 7.80. The molecule has 3 heterocycles. The van der Waals surface area contributed by atoms with Crippen LogP contribution in [0, 0.1) is 0 Å². The second kappa shape index (κ2) is 11.0. The molecule has 10 heteroatoms. The Hall–Kier alpha value is -3.27. The third kappa shape index (κ3) is 5.70. The maximum absolute atomic E-state index is 13.1. The van der Waals surface area contributed by atoms with Crippen LogP contribution in [-0.4, -0.2) is 83.3 Å². The number of unbranched alkanes of at least 4 members (excludes halogenated alkanes) is 4. The molecule has 4 rings (SSSR count). The van der Waals surface area contributed by atoms with Crippen molar-refractivity contribution in [1.29, 1.82) is 0 Å². The van der Waals surface area contributed by atoms with E-state index >= 15 is 0 Å². The van der Waals surface area contributed by atoms with E-state index in [9.17, 15) is 24.0 Å². The SMILES string of the molecule is O=C(O)CCCCCCCN1CCN(c2ccc3c(c2)C(=O)N(C2CCC(=O)NC2=O)C3=O)CC1. The first kappa shape index (κ1) is 24.8. The van der Waals surface area contributed by atoms with E-state index in [4.69, 9.17) is 5.11 Å². The van der Waals surface area contributed by atoms with Gasteiger partial charge in [-0.3, -0.25) is 39.1 Å². The first-order valence-electron chi connectivity index (χ1n) is 12.4. The average Bonchev–Trinajstić information content (AvgIpc) is 3.08. The lowest BCUT2D eigenvalue weighted by Crippen LogP contribution is -2.54. The summed E-state index contributed by atoms with van der Waals surface area (Å²) in [5.74, 6) is -2.69. The molecule has 0 aliphatic carbocycles. The Morgan fingerprint density at radius 3 is 2.31 bits per heavy atom. The molecule has 2 fully saturated rings. The van der Waals surface area contributed by atoms with Crippen LogP contribution in [0.1, 0.15) is 72.1 Å². The van der Waals surface area contributed by atoms with Crippen LogP contribution >= 0.6 is 0 Å². The third-order valence-corrected chi connectivity index (χ3v) is 7.03. The zero-order chi connectivity index (χ0) is 24.9. The minimum atomic E-state index is -0.954. The minimum Gasteiger partial charge on any atom is -0.481 e. The summed E-state index contributed by atoms with van der Waals surface area (Å²) in [5.41, 5.74) is 1.49. The van der Waals surface area contributed by atoms with E-state index in [0.717, 1.165) is 75.4 Å². The van der Waals surface area contributed by atoms with E-state index in [0.29, 0.717) is 11.1 Å². The minimum absolute atomic E-state index is 0.101. The number of nitrogens with one attached hydrogen (secondary N) is 1. The molecule has 1 unspecified atom stereocenters. The van der Waals surface area contributed by atoms with E-state index in [1.807, 2.05) is 6.07 Å². The number of rotatable bonds is 10. The van der Waals surface area contributed by atoms with Crippen molar-refractivity contribution >= 4 is 35.3 Å². The quantitative estimate of drug-likeness (QED) is 0.379. The highest BCUT2D eigenvalue weighted by Crippen LogP contribution is 2.31. The summed E-state index contributed by atoms with van der Waals surface area (Å²) >= 11 is 0. The number of amides is 4. The number of benzene rings is 1. The predicted molar refractivity (Wildman–Crippen MR) is 127 cm³/mol. The molecule has 0 aromatic heterocycles. The number of carbonyl (C=O) groups excluding carboxylic acids is 4. The second-order valence-corrected chi connectivity index (χ2v) is 9.42. The second-order valence-electron chi connectivity index (χ2n) is 9.42. The Balaban J connectivity index is 1.27. The van der Waals surface area contributed by atoms with E-state index in [1.165, 1.54) is 0 Å². The molecule has 10 nitrogen and oxygen atoms in total. The van der Waals surface area contributed by atoms with Gasteiger partial charge in [-0.25, -0.2) is 0 Å². The molecule has 4 amide bonds. The van der Waals surface area contributed by atoms with Gasteiger partial charge in [-0.15, -0.1) is 0 Å². The fraction of sp³-hybridized carbons (Fsp3) is 0.560. The van der Waals surface area contributed by atoms with E-state index in [-0.39, 0.29) is 25.2 Å². The molecule has 0 spiro atoms. The highest BCUT2D eigenvalue weighted by Gasteiger charge is 2.44. The summed E-state index contributed by atoms with van der Waals surface area (Å²) in [6, 6.07) is 4.30. The van der Waals surface area contributed by atoms with Gasteiger partial charge in [0.05, 0.1) is 11.1 Å². The number of piperidine rings is 1. The number of hydrogen-bond acceptors (Lipinski definition) is 7. The van der Waals surface area contributed by atoms with Gasteiger partial charge in [0.25, 0.3) is 11.8 Å².